The highest BCUT2D eigenvalue weighted by Gasteiger charge is 2.10. The van der Waals surface area contributed by atoms with E-state index in [9.17, 15) is 9.59 Å². The van der Waals surface area contributed by atoms with E-state index in [1.807, 2.05) is 45.0 Å². The van der Waals surface area contributed by atoms with Crippen LogP contribution in [0.4, 0.5) is 5.69 Å². The molecule has 0 atom stereocenters. The van der Waals surface area contributed by atoms with E-state index in [1.54, 1.807) is 24.3 Å². The number of esters is 1. The first kappa shape index (κ1) is 19.5. The highest BCUT2D eigenvalue weighted by atomic mass is 16.6. The van der Waals surface area contributed by atoms with Crippen molar-refractivity contribution >= 4 is 17.6 Å². The summed E-state index contributed by atoms with van der Waals surface area (Å²) in [4.78, 5) is 23.9. The van der Waals surface area contributed by atoms with Crippen LogP contribution >= 0.6 is 0 Å². The van der Waals surface area contributed by atoms with Crippen molar-refractivity contribution in [2.75, 3.05) is 18.5 Å². The minimum absolute atomic E-state index is 0.151. The summed E-state index contributed by atoms with van der Waals surface area (Å²) < 4.78 is 10.4. The fourth-order valence-corrected chi connectivity index (χ4v) is 2.29. The van der Waals surface area contributed by atoms with E-state index in [0.29, 0.717) is 17.9 Å². The molecule has 0 fully saturated rings. The lowest BCUT2D eigenvalue weighted by Gasteiger charge is -2.11. The first-order chi connectivity index (χ1) is 12.5. The number of amides is 1. The quantitative estimate of drug-likeness (QED) is 0.725. The number of carbonyl (C=O) groups is 2. The van der Waals surface area contributed by atoms with Crippen LogP contribution < -0.4 is 10.1 Å². The molecule has 5 nitrogen and oxygen atoms in total. The number of hydrogen-bond donors (Lipinski definition) is 1. The van der Waals surface area contributed by atoms with Crippen LogP contribution in [0, 0.1) is 5.92 Å². The zero-order valence-corrected chi connectivity index (χ0v) is 15.5. The Morgan fingerprint density at radius 3 is 2.38 bits per heavy atom. The molecule has 0 spiro atoms. The first-order valence-electron chi connectivity index (χ1n) is 8.77. The molecule has 0 saturated heterocycles. The highest BCUT2D eigenvalue weighted by Crippen LogP contribution is 2.18. The van der Waals surface area contributed by atoms with Gasteiger partial charge in [0.2, 0.25) is 0 Å². The lowest BCUT2D eigenvalue weighted by molar-refractivity contribution is -0.147. The third-order valence-electron chi connectivity index (χ3n) is 3.70. The smallest absolute Gasteiger partial charge is 0.344 e. The summed E-state index contributed by atoms with van der Waals surface area (Å²) in [6, 6.07) is 14.4. The van der Waals surface area contributed by atoms with Crippen LogP contribution in [0.5, 0.6) is 5.75 Å². The van der Waals surface area contributed by atoms with Crippen molar-refractivity contribution < 1.29 is 19.1 Å². The van der Waals surface area contributed by atoms with Crippen molar-refractivity contribution in [1.29, 1.82) is 0 Å². The second-order valence-corrected chi connectivity index (χ2v) is 6.35. The average Bonchev–Trinajstić information content (AvgIpc) is 2.65. The van der Waals surface area contributed by atoms with E-state index in [-0.39, 0.29) is 18.4 Å². The second kappa shape index (κ2) is 9.61. The third-order valence-corrected chi connectivity index (χ3v) is 3.70. The van der Waals surface area contributed by atoms with Crippen LogP contribution in [0.3, 0.4) is 0 Å². The van der Waals surface area contributed by atoms with E-state index < -0.39 is 5.97 Å². The van der Waals surface area contributed by atoms with E-state index >= 15 is 0 Å². The molecular weight excluding hydrogens is 330 g/mol. The van der Waals surface area contributed by atoms with Gasteiger partial charge in [0.25, 0.3) is 5.91 Å². The predicted molar refractivity (Wildman–Crippen MR) is 102 cm³/mol. The van der Waals surface area contributed by atoms with Crippen LogP contribution in [0.2, 0.25) is 0 Å². The fraction of sp³-hybridized carbons (Fsp3) is 0.333. The predicted octanol–water partition coefficient (Wildman–Crippen LogP) is 4.08. The standard InChI is InChI=1S/C21H25NO4/c1-4-16-7-5-6-8-19(16)22-21(24)17-9-11-18(12-10-17)25-14-20(23)26-13-15(2)3/h5-12,15H,4,13-14H2,1-3H3,(H,22,24). The van der Waals surface area contributed by atoms with Gasteiger partial charge in [0.1, 0.15) is 5.75 Å². The monoisotopic (exact) mass is 355 g/mol. The molecule has 2 rings (SSSR count). The van der Waals surface area contributed by atoms with Crippen molar-refractivity contribution in [1.82, 2.24) is 0 Å². The number of aryl methyl sites for hydroxylation is 1. The van der Waals surface area contributed by atoms with Gasteiger partial charge in [-0.1, -0.05) is 39.0 Å². The fourth-order valence-electron chi connectivity index (χ4n) is 2.29. The largest absolute Gasteiger partial charge is 0.482 e. The maximum Gasteiger partial charge on any atom is 0.344 e. The molecule has 0 aromatic heterocycles. The third kappa shape index (κ3) is 5.92. The Balaban J connectivity index is 1.90. The van der Waals surface area contributed by atoms with Crippen molar-refractivity contribution in [3.05, 3.63) is 59.7 Å². The number of hydrogen-bond acceptors (Lipinski definition) is 4. The van der Waals surface area contributed by atoms with E-state index in [0.717, 1.165) is 17.7 Å². The number of benzene rings is 2. The molecule has 1 amide bonds. The van der Waals surface area contributed by atoms with E-state index in [2.05, 4.69) is 5.32 Å². The van der Waals surface area contributed by atoms with Crippen molar-refractivity contribution in [2.24, 2.45) is 5.92 Å². The zero-order valence-electron chi connectivity index (χ0n) is 15.5. The van der Waals surface area contributed by atoms with Gasteiger partial charge in [-0.3, -0.25) is 4.79 Å². The van der Waals surface area contributed by atoms with Gasteiger partial charge >= 0.3 is 5.97 Å². The van der Waals surface area contributed by atoms with Crippen molar-refractivity contribution in [3.8, 4) is 5.75 Å². The molecule has 0 aliphatic rings. The van der Waals surface area contributed by atoms with Crippen LogP contribution in [-0.2, 0) is 16.0 Å². The number of anilines is 1. The Hall–Kier alpha value is -2.82. The lowest BCUT2D eigenvalue weighted by atomic mass is 10.1. The number of rotatable bonds is 8. The molecule has 0 saturated carbocycles. The van der Waals surface area contributed by atoms with Gasteiger partial charge in [0.15, 0.2) is 6.61 Å². The Morgan fingerprint density at radius 2 is 1.73 bits per heavy atom. The molecule has 0 bridgehead atoms. The highest BCUT2D eigenvalue weighted by molar-refractivity contribution is 6.04. The summed E-state index contributed by atoms with van der Waals surface area (Å²) in [6.45, 7) is 6.21. The number of carbonyl (C=O) groups excluding carboxylic acids is 2. The van der Waals surface area contributed by atoms with Gasteiger partial charge in [-0.05, 0) is 48.2 Å². The Bertz CT molecular complexity index is 738. The van der Waals surface area contributed by atoms with Gasteiger partial charge in [-0.15, -0.1) is 0 Å². The van der Waals surface area contributed by atoms with Crippen molar-refractivity contribution in [3.63, 3.8) is 0 Å². The van der Waals surface area contributed by atoms with Crippen LogP contribution in [0.15, 0.2) is 48.5 Å². The zero-order chi connectivity index (χ0) is 18.9. The number of nitrogens with one attached hydrogen (secondary N) is 1. The van der Waals surface area contributed by atoms with Gasteiger partial charge in [-0.2, -0.15) is 0 Å². The Morgan fingerprint density at radius 1 is 1.04 bits per heavy atom. The summed E-state index contributed by atoms with van der Waals surface area (Å²) in [7, 11) is 0. The first-order valence-corrected chi connectivity index (χ1v) is 8.77. The minimum Gasteiger partial charge on any atom is -0.482 e. The topological polar surface area (TPSA) is 64.6 Å². The molecule has 138 valence electrons. The molecule has 0 unspecified atom stereocenters. The molecule has 5 heteroatoms. The van der Waals surface area contributed by atoms with Crippen LogP contribution in [-0.4, -0.2) is 25.1 Å². The summed E-state index contributed by atoms with van der Waals surface area (Å²) in [5, 5.41) is 2.92. The second-order valence-electron chi connectivity index (χ2n) is 6.35. The molecule has 26 heavy (non-hydrogen) atoms. The summed E-state index contributed by atoms with van der Waals surface area (Å²) in [5.74, 6) is 0.206. The maximum atomic E-state index is 12.4. The van der Waals surface area contributed by atoms with Crippen molar-refractivity contribution in [2.45, 2.75) is 27.2 Å². The van der Waals surface area contributed by atoms with Gasteiger partial charge in [0.05, 0.1) is 6.61 Å². The summed E-state index contributed by atoms with van der Waals surface area (Å²) in [5.41, 5.74) is 2.42. The molecule has 0 aliphatic heterocycles. The number of ether oxygens (including phenoxy) is 2. The minimum atomic E-state index is -0.406. The van der Waals surface area contributed by atoms with E-state index in [4.69, 9.17) is 9.47 Å². The van der Waals surface area contributed by atoms with Gasteiger partial charge in [-0.25, -0.2) is 4.79 Å². The van der Waals surface area contributed by atoms with E-state index in [1.165, 1.54) is 0 Å². The van der Waals surface area contributed by atoms with Gasteiger partial charge in [0, 0.05) is 11.3 Å². The molecule has 0 radical (unpaired) electrons. The Labute approximate surface area is 154 Å². The molecule has 2 aromatic carbocycles. The Kier molecular flexibility index (Phi) is 7.21. The normalized spacial score (nSPS) is 10.5. The maximum absolute atomic E-state index is 12.4. The molecular formula is C21H25NO4. The molecule has 2 aromatic rings. The van der Waals surface area contributed by atoms with Gasteiger partial charge < -0.3 is 14.8 Å². The van der Waals surface area contributed by atoms with Crippen LogP contribution in [0.25, 0.3) is 0 Å². The molecule has 1 N–H and O–H groups in total. The van der Waals surface area contributed by atoms with Crippen LogP contribution in [0.1, 0.15) is 36.7 Å². The lowest BCUT2D eigenvalue weighted by Crippen LogP contribution is -2.17. The SMILES string of the molecule is CCc1ccccc1NC(=O)c1ccc(OCC(=O)OCC(C)C)cc1. The molecule has 0 heterocycles. The summed E-state index contributed by atoms with van der Waals surface area (Å²) in [6.07, 6.45) is 0.843. The molecule has 0 aliphatic carbocycles. The summed E-state index contributed by atoms with van der Waals surface area (Å²) >= 11 is 0. The average molecular weight is 355 g/mol. The number of para-hydroxylation sites is 1.